The number of aryl methyl sites for hydroxylation is 1. The lowest BCUT2D eigenvalue weighted by Crippen LogP contribution is -2.31. The molecule has 0 aliphatic heterocycles. The van der Waals surface area contributed by atoms with Crippen molar-refractivity contribution in [1.29, 1.82) is 0 Å². The summed E-state index contributed by atoms with van der Waals surface area (Å²) in [5.74, 6) is 0.366. The summed E-state index contributed by atoms with van der Waals surface area (Å²) in [5.41, 5.74) is 1.02. The zero-order chi connectivity index (χ0) is 16.1. The van der Waals surface area contributed by atoms with Gasteiger partial charge in [0.25, 0.3) is 0 Å². The van der Waals surface area contributed by atoms with Crippen LogP contribution in [0.4, 0.5) is 0 Å². The minimum Gasteiger partial charge on any atom is -0.229 e. The van der Waals surface area contributed by atoms with Crippen LogP contribution in [0.5, 0.6) is 0 Å². The molecule has 0 amide bonds. The largest absolute Gasteiger partial charge is 0.242 e. The highest BCUT2D eigenvalue weighted by atomic mass is 35.5. The smallest absolute Gasteiger partial charge is 0.229 e. The van der Waals surface area contributed by atoms with Gasteiger partial charge < -0.3 is 0 Å². The number of sulfonamides is 1. The van der Waals surface area contributed by atoms with E-state index < -0.39 is 19.9 Å². The second-order valence-electron chi connectivity index (χ2n) is 4.89. The van der Waals surface area contributed by atoms with Gasteiger partial charge in [0.2, 0.25) is 10.0 Å². The molecule has 0 bridgehead atoms. The SMILES string of the molecule is CN(CCS(C)(=O)=O)S(=O)(=O)c1ccc(CCCCl)cc1. The van der Waals surface area contributed by atoms with Crippen molar-refractivity contribution in [3.8, 4) is 0 Å². The third-order valence-corrected chi connectivity index (χ3v) is 6.07. The number of rotatable bonds is 8. The van der Waals surface area contributed by atoms with Crippen molar-refractivity contribution in [2.24, 2.45) is 0 Å². The van der Waals surface area contributed by atoms with E-state index in [1.165, 1.54) is 19.2 Å². The molecular formula is C13H20ClNO4S2. The lowest BCUT2D eigenvalue weighted by molar-refractivity contribution is 0.485. The van der Waals surface area contributed by atoms with Crippen LogP contribution in [-0.4, -0.2) is 52.6 Å². The van der Waals surface area contributed by atoms with Gasteiger partial charge in [-0.25, -0.2) is 16.8 Å². The molecular weight excluding hydrogens is 334 g/mol. The molecule has 0 aromatic heterocycles. The predicted octanol–water partition coefficient (Wildman–Crippen LogP) is 1.52. The number of hydrogen-bond acceptors (Lipinski definition) is 4. The van der Waals surface area contributed by atoms with Crippen molar-refractivity contribution in [2.45, 2.75) is 17.7 Å². The van der Waals surface area contributed by atoms with E-state index in [0.29, 0.717) is 5.88 Å². The molecule has 1 rings (SSSR count). The van der Waals surface area contributed by atoms with Crippen molar-refractivity contribution >= 4 is 31.5 Å². The Morgan fingerprint density at radius 1 is 1.10 bits per heavy atom. The van der Waals surface area contributed by atoms with Gasteiger partial charge in [-0.15, -0.1) is 11.6 Å². The Balaban J connectivity index is 2.82. The van der Waals surface area contributed by atoms with E-state index in [-0.39, 0.29) is 17.2 Å². The van der Waals surface area contributed by atoms with E-state index in [1.54, 1.807) is 12.1 Å². The first-order valence-electron chi connectivity index (χ1n) is 6.46. The highest BCUT2D eigenvalue weighted by Gasteiger charge is 2.21. The van der Waals surface area contributed by atoms with Gasteiger partial charge in [-0.3, -0.25) is 0 Å². The molecule has 0 saturated heterocycles. The molecule has 0 aliphatic carbocycles. The molecule has 8 heteroatoms. The van der Waals surface area contributed by atoms with Gasteiger partial charge in [0.05, 0.1) is 10.6 Å². The van der Waals surface area contributed by atoms with Gasteiger partial charge in [0.1, 0.15) is 9.84 Å². The Morgan fingerprint density at radius 2 is 1.67 bits per heavy atom. The quantitative estimate of drug-likeness (QED) is 0.664. The molecule has 21 heavy (non-hydrogen) atoms. The normalized spacial score (nSPS) is 12.8. The van der Waals surface area contributed by atoms with E-state index in [1.807, 2.05) is 0 Å². The molecule has 0 unspecified atom stereocenters. The van der Waals surface area contributed by atoms with Gasteiger partial charge in [0, 0.05) is 25.7 Å². The molecule has 0 heterocycles. The fraction of sp³-hybridized carbons (Fsp3) is 0.538. The highest BCUT2D eigenvalue weighted by molar-refractivity contribution is 7.91. The summed E-state index contributed by atoms with van der Waals surface area (Å²) < 4.78 is 47.8. The molecule has 0 N–H and O–H groups in total. The van der Waals surface area contributed by atoms with Crippen molar-refractivity contribution in [1.82, 2.24) is 4.31 Å². The number of nitrogens with zero attached hydrogens (tertiary/aromatic N) is 1. The Morgan fingerprint density at radius 3 is 2.14 bits per heavy atom. The Labute approximate surface area is 131 Å². The zero-order valence-corrected chi connectivity index (χ0v) is 14.5. The Kier molecular flexibility index (Phi) is 6.65. The molecule has 120 valence electrons. The molecule has 0 radical (unpaired) electrons. The molecule has 1 aromatic carbocycles. The number of hydrogen-bond donors (Lipinski definition) is 0. The van der Waals surface area contributed by atoms with Crippen LogP contribution in [0.1, 0.15) is 12.0 Å². The molecule has 1 aromatic rings. The average Bonchev–Trinajstić information content (AvgIpc) is 2.42. The van der Waals surface area contributed by atoms with E-state index in [4.69, 9.17) is 11.6 Å². The van der Waals surface area contributed by atoms with Gasteiger partial charge in [-0.05, 0) is 30.5 Å². The van der Waals surface area contributed by atoms with E-state index in [0.717, 1.165) is 29.0 Å². The van der Waals surface area contributed by atoms with Crippen LogP contribution in [0, 0.1) is 0 Å². The van der Waals surface area contributed by atoms with E-state index in [9.17, 15) is 16.8 Å². The van der Waals surface area contributed by atoms with Gasteiger partial charge in [-0.1, -0.05) is 12.1 Å². The minimum atomic E-state index is -3.66. The second-order valence-corrected chi connectivity index (χ2v) is 9.58. The summed E-state index contributed by atoms with van der Waals surface area (Å²) in [7, 11) is -5.48. The van der Waals surface area contributed by atoms with Crippen LogP contribution < -0.4 is 0 Å². The summed E-state index contributed by atoms with van der Waals surface area (Å²) in [5, 5.41) is 0. The first-order chi connectivity index (χ1) is 9.66. The topological polar surface area (TPSA) is 71.5 Å². The molecule has 5 nitrogen and oxygen atoms in total. The van der Waals surface area contributed by atoms with Gasteiger partial charge >= 0.3 is 0 Å². The third-order valence-electron chi connectivity index (χ3n) is 3.01. The first kappa shape index (κ1) is 18.4. The van der Waals surface area contributed by atoms with Crippen LogP contribution in [0.2, 0.25) is 0 Å². The summed E-state index contributed by atoms with van der Waals surface area (Å²) in [6, 6.07) is 6.58. The van der Waals surface area contributed by atoms with Crippen LogP contribution in [-0.2, 0) is 26.3 Å². The van der Waals surface area contributed by atoms with Gasteiger partial charge in [-0.2, -0.15) is 4.31 Å². The van der Waals surface area contributed by atoms with E-state index in [2.05, 4.69) is 0 Å². The lowest BCUT2D eigenvalue weighted by Gasteiger charge is -2.16. The molecule has 0 fully saturated rings. The third kappa shape index (κ3) is 5.94. The van der Waals surface area contributed by atoms with Crippen molar-refractivity contribution < 1.29 is 16.8 Å². The van der Waals surface area contributed by atoms with Crippen LogP contribution in [0.25, 0.3) is 0 Å². The van der Waals surface area contributed by atoms with Crippen molar-refractivity contribution in [3.05, 3.63) is 29.8 Å². The molecule has 0 saturated carbocycles. The molecule has 0 atom stereocenters. The maximum Gasteiger partial charge on any atom is 0.242 e. The summed E-state index contributed by atoms with van der Waals surface area (Å²) in [6.07, 6.45) is 2.72. The summed E-state index contributed by atoms with van der Waals surface area (Å²) in [4.78, 5) is 0.160. The van der Waals surface area contributed by atoms with E-state index >= 15 is 0 Å². The zero-order valence-electron chi connectivity index (χ0n) is 12.1. The highest BCUT2D eigenvalue weighted by Crippen LogP contribution is 2.16. The number of alkyl halides is 1. The fourth-order valence-electron chi connectivity index (χ4n) is 1.69. The van der Waals surface area contributed by atoms with Crippen LogP contribution in [0.3, 0.4) is 0 Å². The van der Waals surface area contributed by atoms with Crippen LogP contribution >= 0.6 is 11.6 Å². The van der Waals surface area contributed by atoms with Crippen LogP contribution in [0.15, 0.2) is 29.2 Å². The van der Waals surface area contributed by atoms with Crippen molar-refractivity contribution in [3.63, 3.8) is 0 Å². The summed E-state index contributed by atoms with van der Waals surface area (Å²) in [6.45, 7) is -0.0604. The lowest BCUT2D eigenvalue weighted by atomic mass is 10.1. The van der Waals surface area contributed by atoms with Gasteiger partial charge in [0.15, 0.2) is 0 Å². The average molecular weight is 354 g/mol. The maximum atomic E-state index is 12.3. The Bertz CT molecular complexity index is 654. The number of sulfone groups is 1. The minimum absolute atomic E-state index is 0.0604. The standard InChI is InChI=1S/C13H20ClNO4S2/c1-15(10-11-20(2,16)17)21(18,19)13-7-5-12(6-8-13)4-3-9-14/h5-8H,3-4,9-11H2,1-2H3. The van der Waals surface area contributed by atoms with Crippen molar-refractivity contribution in [2.75, 3.05) is 31.5 Å². The monoisotopic (exact) mass is 353 g/mol. The maximum absolute atomic E-state index is 12.3. The second kappa shape index (κ2) is 7.58. The first-order valence-corrected chi connectivity index (χ1v) is 10.5. The fourth-order valence-corrected chi connectivity index (χ4v) is 3.72. The Hall–Kier alpha value is -0.630. The molecule has 0 spiro atoms. The summed E-state index contributed by atoms with van der Waals surface area (Å²) >= 11 is 5.62. The molecule has 0 aliphatic rings. The number of benzene rings is 1. The predicted molar refractivity (Wildman–Crippen MR) is 85.0 cm³/mol. The number of halogens is 1.